The SMILES string of the molecule is Clc1ccc(N/N=C2\CCSC2)nn1. The molecule has 0 bridgehead atoms. The average molecular weight is 229 g/mol. The summed E-state index contributed by atoms with van der Waals surface area (Å²) in [5.41, 5.74) is 4.03. The minimum Gasteiger partial charge on any atom is -0.260 e. The molecule has 0 amide bonds. The molecule has 0 atom stereocenters. The van der Waals surface area contributed by atoms with E-state index in [1.165, 1.54) is 5.71 Å². The maximum absolute atomic E-state index is 5.60. The first-order valence-corrected chi connectivity index (χ1v) is 5.76. The molecule has 0 radical (unpaired) electrons. The molecule has 2 heterocycles. The molecule has 1 aliphatic rings. The Labute approximate surface area is 91.1 Å². The highest BCUT2D eigenvalue weighted by molar-refractivity contribution is 8.00. The molecular weight excluding hydrogens is 220 g/mol. The first-order chi connectivity index (χ1) is 6.84. The molecule has 4 nitrogen and oxygen atoms in total. The van der Waals surface area contributed by atoms with Gasteiger partial charge in [0.25, 0.3) is 0 Å². The third kappa shape index (κ3) is 2.59. The molecule has 1 N–H and O–H groups in total. The number of thioether (sulfide) groups is 1. The molecule has 0 spiro atoms. The Hall–Kier alpha value is -0.810. The van der Waals surface area contributed by atoms with Gasteiger partial charge in [0.2, 0.25) is 0 Å². The second kappa shape index (κ2) is 4.61. The number of hydrogen-bond acceptors (Lipinski definition) is 5. The van der Waals surface area contributed by atoms with Crippen LogP contribution in [0.4, 0.5) is 5.82 Å². The van der Waals surface area contributed by atoms with Crippen molar-refractivity contribution in [3.63, 3.8) is 0 Å². The van der Waals surface area contributed by atoms with Crippen molar-refractivity contribution in [2.45, 2.75) is 6.42 Å². The van der Waals surface area contributed by atoms with Gasteiger partial charge < -0.3 is 0 Å². The predicted octanol–water partition coefficient (Wildman–Crippen LogP) is 2.03. The average Bonchev–Trinajstić information content (AvgIpc) is 2.70. The van der Waals surface area contributed by atoms with Gasteiger partial charge in [-0.3, -0.25) is 5.43 Å². The van der Waals surface area contributed by atoms with E-state index in [1.54, 1.807) is 12.1 Å². The summed E-state index contributed by atoms with van der Waals surface area (Å²) < 4.78 is 0. The van der Waals surface area contributed by atoms with Crippen LogP contribution >= 0.6 is 23.4 Å². The molecule has 1 aliphatic heterocycles. The predicted molar refractivity (Wildman–Crippen MR) is 60.0 cm³/mol. The zero-order valence-electron chi connectivity index (χ0n) is 7.40. The summed E-state index contributed by atoms with van der Waals surface area (Å²) in [5.74, 6) is 2.79. The van der Waals surface area contributed by atoms with Crippen molar-refractivity contribution in [1.82, 2.24) is 10.2 Å². The van der Waals surface area contributed by atoms with Crippen molar-refractivity contribution in [1.29, 1.82) is 0 Å². The second-order valence-corrected chi connectivity index (χ2v) is 4.33. The topological polar surface area (TPSA) is 50.2 Å². The van der Waals surface area contributed by atoms with Gasteiger partial charge in [0.15, 0.2) is 11.0 Å². The summed E-state index contributed by atoms with van der Waals surface area (Å²) in [6.07, 6.45) is 1.05. The molecule has 14 heavy (non-hydrogen) atoms. The summed E-state index contributed by atoms with van der Waals surface area (Å²) in [7, 11) is 0. The lowest BCUT2D eigenvalue weighted by atomic mass is 10.3. The van der Waals surface area contributed by atoms with Crippen molar-refractivity contribution in [2.24, 2.45) is 5.10 Å². The van der Waals surface area contributed by atoms with E-state index in [0.29, 0.717) is 11.0 Å². The number of aromatic nitrogens is 2. The van der Waals surface area contributed by atoms with Crippen molar-refractivity contribution in [3.05, 3.63) is 17.3 Å². The number of rotatable bonds is 2. The fourth-order valence-corrected chi connectivity index (χ4v) is 2.12. The molecular formula is C8H9ClN4S. The smallest absolute Gasteiger partial charge is 0.168 e. The number of anilines is 1. The Bertz CT molecular complexity index is 330. The van der Waals surface area contributed by atoms with Gasteiger partial charge in [-0.25, -0.2) is 0 Å². The van der Waals surface area contributed by atoms with Crippen LogP contribution in [-0.4, -0.2) is 27.4 Å². The first-order valence-electron chi connectivity index (χ1n) is 4.23. The Morgan fingerprint density at radius 1 is 1.43 bits per heavy atom. The lowest BCUT2D eigenvalue weighted by molar-refractivity contribution is 1.02. The van der Waals surface area contributed by atoms with E-state index in [0.717, 1.165) is 17.9 Å². The van der Waals surface area contributed by atoms with E-state index in [1.807, 2.05) is 11.8 Å². The van der Waals surface area contributed by atoms with Crippen LogP contribution < -0.4 is 5.43 Å². The van der Waals surface area contributed by atoms with Crippen molar-refractivity contribution < 1.29 is 0 Å². The minimum atomic E-state index is 0.389. The standard InChI is InChI=1S/C8H9ClN4S/c9-7-1-2-8(13-11-7)12-10-6-3-4-14-5-6/h1-2H,3-5H2,(H,12,13)/b10-6+. The quantitative estimate of drug-likeness (QED) is 0.787. The molecule has 1 fully saturated rings. The van der Waals surface area contributed by atoms with Crippen LogP contribution in [0.2, 0.25) is 5.15 Å². The van der Waals surface area contributed by atoms with Gasteiger partial charge in [-0.2, -0.15) is 16.9 Å². The van der Waals surface area contributed by atoms with E-state index in [4.69, 9.17) is 11.6 Å². The van der Waals surface area contributed by atoms with Crippen LogP contribution in [0.15, 0.2) is 17.2 Å². The molecule has 1 saturated heterocycles. The third-order valence-electron chi connectivity index (χ3n) is 1.76. The Morgan fingerprint density at radius 2 is 2.36 bits per heavy atom. The van der Waals surface area contributed by atoms with Gasteiger partial charge in [0.05, 0.1) is 0 Å². The molecule has 1 aromatic rings. The van der Waals surface area contributed by atoms with Crippen LogP contribution in [-0.2, 0) is 0 Å². The van der Waals surface area contributed by atoms with Crippen LogP contribution in [0.3, 0.4) is 0 Å². The molecule has 2 rings (SSSR count). The van der Waals surface area contributed by atoms with Crippen molar-refractivity contribution in [3.8, 4) is 0 Å². The fourth-order valence-electron chi connectivity index (χ4n) is 1.05. The number of hydrazone groups is 1. The summed E-state index contributed by atoms with van der Waals surface area (Å²) in [4.78, 5) is 0. The summed E-state index contributed by atoms with van der Waals surface area (Å²) in [6, 6.07) is 3.43. The van der Waals surface area contributed by atoms with Crippen molar-refractivity contribution >= 4 is 34.9 Å². The zero-order valence-corrected chi connectivity index (χ0v) is 8.98. The Morgan fingerprint density at radius 3 is 3.00 bits per heavy atom. The number of hydrogen-bond donors (Lipinski definition) is 1. The maximum Gasteiger partial charge on any atom is 0.168 e. The number of halogens is 1. The molecule has 0 unspecified atom stereocenters. The largest absolute Gasteiger partial charge is 0.260 e. The Balaban J connectivity index is 1.97. The summed E-state index contributed by atoms with van der Waals surface area (Å²) in [6.45, 7) is 0. The normalized spacial score (nSPS) is 18.8. The molecule has 0 saturated carbocycles. The van der Waals surface area contributed by atoms with Crippen LogP contribution in [0.5, 0.6) is 0 Å². The number of nitrogens with one attached hydrogen (secondary N) is 1. The molecule has 74 valence electrons. The van der Waals surface area contributed by atoms with E-state index in [2.05, 4.69) is 20.7 Å². The van der Waals surface area contributed by atoms with Crippen LogP contribution in [0, 0.1) is 0 Å². The van der Waals surface area contributed by atoms with Gasteiger partial charge in [-0.15, -0.1) is 10.2 Å². The zero-order chi connectivity index (χ0) is 9.80. The van der Waals surface area contributed by atoms with Gasteiger partial charge in [-0.05, 0) is 24.3 Å². The van der Waals surface area contributed by atoms with E-state index < -0.39 is 0 Å². The minimum absolute atomic E-state index is 0.389. The summed E-state index contributed by atoms with van der Waals surface area (Å²) >= 11 is 7.49. The van der Waals surface area contributed by atoms with Gasteiger partial charge in [0.1, 0.15) is 0 Å². The molecule has 1 aromatic heterocycles. The van der Waals surface area contributed by atoms with Gasteiger partial charge in [-0.1, -0.05) is 11.6 Å². The van der Waals surface area contributed by atoms with E-state index in [9.17, 15) is 0 Å². The monoisotopic (exact) mass is 228 g/mol. The highest BCUT2D eigenvalue weighted by atomic mass is 35.5. The van der Waals surface area contributed by atoms with Crippen LogP contribution in [0.1, 0.15) is 6.42 Å². The van der Waals surface area contributed by atoms with Gasteiger partial charge in [0, 0.05) is 11.5 Å². The molecule has 0 aliphatic carbocycles. The summed E-state index contributed by atoms with van der Waals surface area (Å²) in [5, 5.41) is 12.1. The lowest BCUT2D eigenvalue weighted by Crippen LogP contribution is -2.01. The fraction of sp³-hybridized carbons (Fsp3) is 0.375. The van der Waals surface area contributed by atoms with E-state index >= 15 is 0 Å². The second-order valence-electron chi connectivity index (χ2n) is 2.83. The highest BCUT2D eigenvalue weighted by Gasteiger charge is 2.08. The highest BCUT2D eigenvalue weighted by Crippen LogP contribution is 2.14. The van der Waals surface area contributed by atoms with E-state index in [-0.39, 0.29) is 0 Å². The third-order valence-corrected chi connectivity index (χ3v) is 3.00. The first kappa shape index (κ1) is 9.73. The molecule has 0 aromatic carbocycles. The number of nitrogens with zero attached hydrogens (tertiary/aromatic N) is 3. The molecule has 6 heteroatoms. The van der Waals surface area contributed by atoms with Crippen molar-refractivity contribution in [2.75, 3.05) is 16.9 Å². The maximum atomic E-state index is 5.60. The van der Waals surface area contributed by atoms with Crippen LogP contribution in [0.25, 0.3) is 0 Å². The lowest BCUT2D eigenvalue weighted by Gasteiger charge is -1.98. The van der Waals surface area contributed by atoms with Gasteiger partial charge >= 0.3 is 0 Å². The Kier molecular flexibility index (Phi) is 3.21.